The third-order valence-corrected chi connectivity index (χ3v) is 5.11. The number of aromatic nitrogens is 3. The minimum absolute atomic E-state index is 0.00177. The van der Waals surface area contributed by atoms with E-state index in [0.29, 0.717) is 13.0 Å². The van der Waals surface area contributed by atoms with E-state index in [1.54, 1.807) is 23.0 Å². The summed E-state index contributed by atoms with van der Waals surface area (Å²) >= 11 is 1.17. The molecule has 128 valence electrons. The van der Waals surface area contributed by atoms with Gasteiger partial charge in [-0.2, -0.15) is 0 Å². The Morgan fingerprint density at radius 2 is 2.04 bits per heavy atom. The summed E-state index contributed by atoms with van der Waals surface area (Å²) in [4.78, 5) is 34.4. The van der Waals surface area contributed by atoms with Gasteiger partial charge in [0, 0.05) is 55.6 Å². The lowest BCUT2D eigenvalue weighted by molar-refractivity contribution is -0.122. The molecule has 8 heteroatoms. The summed E-state index contributed by atoms with van der Waals surface area (Å²) in [6, 6.07) is 1.98. The molecule has 1 saturated heterocycles. The van der Waals surface area contributed by atoms with E-state index in [4.69, 9.17) is 0 Å². The van der Waals surface area contributed by atoms with Crippen LogP contribution in [-0.2, 0) is 11.3 Å². The van der Waals surface area contributed by atoms with Gasteiger partial charge in [0.1, 0.15) is 0 Å². The van der Waals surface area contributed by atoms with E-state index in [1.807, 2.05) is 12.3 Å². The molecule has 0 spiro atoms. The Hall–Kier alpha value is -2.22. The average Bonchev–Trinajstić information content (AvgIpc) is 2.93. The fourth-order valence-electron chi connectivity index (χ4n) is 2.87. The first-order valence-corrected chi connectivity index (χ1v) is 8.97. The van der Waals surface area contributed by atoms with Crippen LogP contribution in [0.4, 0.5) is 5.95 Å². The summed E-state index contributed by atoms with van der Waals surface area (Å²) in [5, 5.41) is 4.89. The van der Waals surface area contributed by atoms with Gasteiger partial charge in [-0.25, -0.2) is 9.97 Å². The topological polar surface area (TPSA) is 80.1 Å². The average molecular weight is 347 g/mol. The first-order chi connectivity index (χ1) is 11.6. The summed E-state index contributed by atoms with van der Waals surface area (Å²) in [5.74, 6) is 0.747. The Bertz CT molecular complexity index is 734. The van der Waals surface area contributed by atoms with Crippen LogP contribution >= 0.6 is 11.3 Å². The van der Waals surface area contributed by atoms with Crippen molar-refractivity contribution in [1.29, 1.82) is 0 Å². The molecule has 0 atom stereocenters. The van der Waals surface area contributed by atoms with Crippen LogP contribution in [0, 0.1) is 6.92 Å². The zero-order valence-corrected chi connectivity index (χ0v) is 14.5. The van der Waals surface area contributed by atoms with Crippen molar-refractivity contribution in [2.75, 3.05) is 18.0 Å². The molecule has 24 heavy (non-hydrogen) atoms. The number of carbonyl (C=O) groups excluding carboxylic acids is 1. The number of piperidine rings is 1. The third-order valence-electron chi connectivity index (χ3n) is 4.23. The Morgan fingerprint density at radius 3 is 2.67 bits per heavy atom. The zero-order chi connectivity index (χ0) is 16.9. The zero-order valence-electron chi connectivity index (χ0n) is 13.6. The first-order valence-electron chi connectivity index (χ1n) is 8.10. The van der Waals surface area contributed by atoms with Gasteiger partial charge in [-0.15, -0.1) is 0 Å². The van der Waals surface area contributed by atoms with Crippen LogP contribution in [-0.4, -0.2) is 39.6 Å². The number of rotatable bonds is 5. The molecule has 2 aromatic rings. The number of thiazole rings is 1. The number of aryl methyl sites for hydroxylation is 1. The molecule has 1 N–H and O–H groups in total. The lowest BCUT2D eigenvalue weighted by Gasteiger charge is -2.32. The molecular weight excluding hydrogens is 326 g/mol. The highest BCUT2D eigenvalue weighted by molar-refractivity contribution is 7.07. The molecule has 1 fully saturated rings. The predicted octanol–water partition coefficient (Wildman–Crippen LogP) is 1.18. The number of carbonyl (C=O) groups is 1. The van der Waals surface area contributed by atoms with Gasteiger partial charge in [0.2, 0.25) is 11.9 Å². The minimum atomic E-state index is -0.00327. The molecule has 1 amide bonds. The molecule has 0 aliphatic carbocycles. The Kier molecular flexibility index (Phi) is 5.24. The molecule has 1 aliphatic rings. The van der Waals surface area contributed by atoms with Crippen LogP contribution < -0.4 is 15.1 Å². The molecule has 7 nitrogen and oxygen atoms in total. The largest absolute Gasteiger partial charge is 0.353 e. The highest BCUT2D eigenvalue weighted by Crippen LogP contribution is 2.15. The lowest BCUT2D eigenvalue weighted by atomic mass is 10.1. The van der Waals surface area contributed by atoms with Crippen LogP contribution in [0.15, 0.2) is 28.6 Å². The Morgan fingerprint density at radius 1 is 1.33 bits per heavy atom. The van der Waals surface area contributed by atoms with Gasteiger partial charge in [0.25, 0.3) is 0 Å². The number of anilines is 1. The van der Waals surface area contributed by atoms with E-state index in [0.717, 1.165) is 37.6 Å². The summed E-state index contributed by atoms with van der Waals surface area (Å²) in [5.41, 5.74) is 0.911. The molecule has 0 radical (unpaired) electrons. The molecule has 3 heterocycles. The van der Waals surface area contributed by atoms with Crippen molar-refractivity contribution in [1.82, 2.24) is 19.9 Å². The molecule has 1 aliphatic heterocycles. The van der Waals surface area contributed by atoms with Gasteiger partial charge in [-0.05, 0) is 25.8 Å². The molecule has 0 unspecified atom stereocenters. The van der Waals surface area contributed by atoms with Gasteiger partial charge in [0.05, 0.1) is 0 Å². The maximum Gasteiger partial charge on any atom is 0.307 e. The van der Waals surface area contributed by atoms with Crippen molar-refractivity contribution in [3.63, 3.8) is 0 Å². The van der Waals surface area contributed by atoms with Crippen molar-refractivity contribution < 1.29 is 4.79 Å². The van der Waals surface area contributed by atoms with Gasteiger partial charge < -0.3 is 14.8 Å². The molecule has 2 aromatic heterocycles. The van der Waals surface area contributed by atoms with Crippen molar-refractivity contribution in [3.8, 4) is 0 Å². The lowest BCUT2D eigenvalue weighted by Crippen LogP contribution is -2.45. The van der Waals surface area contributed by atoms with Crippen molar-refractivity contribution in [2.24, 2.45) is 0 Å². The molecular formula is C16H21N5O2S. The monoisotopic (exact) mass is 347 g/mol. The van der Waals surface area contributed by atoms with Crippen LogP contribution in [0.3, 0.4) is 0 Å². The second-order valence-corrected chi connectivity index (χ2v) is 6.74. The van der Waals surface area contributed by atoms with E-state index in [-0.39, 0.29) is 16.8 Å². The summed E-state index contributed by atoms with van der Waals surface area (Å²) in [6.07, 6.45) is 5.57. The van der Waals surface area contributed by atoms with Crippen molar-refractivity contribution >= 4 is 23.2 Å². The fraction of sp³-hybridized carbons (Fsp3) is 0.500. The Labute approximate surface area is 144 Å². The first kappa shape index (κ1) is 16.6. The van der Waals surface area contributed by atoms with Crippen LogP contribution in [0.1, 0.15) is 25.0 Å². The third kappa shape index (κ3) is 4.00. The van der Waals surface area contributed by atoms with Gasteiger partial charge >= 0.3 is 4.87 Å². The molecule has 0 saturated carbocycles. The number of nitrogens with one attached hydrogen (secondary N) is 1. The smallest absolute Gasteiger partial charge is 0.307 e. The second kappa shape index (κ2) is 7.57. The minimum Gasteiger partial charge on any atom is -0.353 e. The summed E-state index contributed by atoms with van der Waals surface area (Å²) in [7, 11) is 0. The van der Waals surface area contributed by atoms with Crippen molar-refractivity contribution in [2.45, 2.75) is 38.8 Å². The number of amides is 1. The quantitative estimate of drug-likeness (QED) is 0.879. The van der Waals surface area contributed by atoms with Crippen LogP contribution in [0.5, 0.6) is 0 Å². The Balaban J connectivity index is 1.44. The van der Waals surface area contributed by atoms with E-state index < -0.39 is 0 Å². The predicted molar refractivity (Wildman–Crippen MR) is 93.3 cm³/mol. The SMILES string of the molecule is Cc1csc(=O)n1CCC(=O)NC1CCN(c2ncccn2)CC1. The number of hydrogen-bond acceptors (Lipinski definition) is 6. The van der Waals surface area contributed by atoms with Gasteiger partial charge in [-0.3, -0.25) is 9.59 Å². The number of nitrogens with zero attached hydrogens (tertiary/aromatic N) is 4. The van der Waals surface area contributed by atoms with Crippen LogP contribution in [0.25, 0.3) is 0 Å². The van der Waals surface area contributed by atoms with E-state index >= 15 is 0 Å². The second-order valence-electron chi connectivity index (χ2n) is 5.92. The van der Waals surface area contributed by atoms with E-state index in [1.165, 1.54) is 11.3 Å². The van der Waals surface area contributed by atoms with E-state index in [2.05, 4.69) is 20.2 Å². The van der Waals surface area contributed by atoms with Gasteiger partial charge in [0.15, 0.2) is 0 Å². The number of hydrogen-bond donors (Lipinski definition) is 1. The van der Waals surface area contributed by atoms with Gasteiger partial charge in [-0.1, -0.05) is 11.3 Å². The maximum absolute atomic E-state index is 12.1. The fourth-order valence-corrected chi connectivity index (χ4v) is 3.63. The highest BCUT2D eigenvalue weighted by atomic mass is 32.1. The van der Waals surface area contributed by atoms with E-state index in [9.17, 15) is 9.59 Å². The highest BCUT2D eigenvalue weighted by Gasteiger charge is 2.22. The molecule has 0 bridgehead atoms. The standard InChI is InChI=1S/C16H21N5O2S/c1-12-11-24-16(23)21(12)10-5-14(22)19-13-3-8-20(9-4-13)15-17-6-2-7-18-15/h2,6-7,11,13H,3-5,8-10H2,1H3,(H,19,22). The van der Waals surface area contributed by atoms with Crippen LogP contribution in [0.2, 0.25) is 0 Å². The maximum atomic E-state index is 12.1. The van der Waals surface area contributed by atoms with Crippen molar-refractivity contribution in [3.05, 3.63) is 39.2 Å². The normalized spacial score (nSPS) is 15.5. The molecule has 3 rings (SSSR count). The summed E-state index contributed by atoms with van der Waals surface area (Å²) in [6.45, 7) is 3.99. The summed E-state index contributed by atoms with van der Waals surface area (Å²) < 4.78 is 1.65. The molecule has 0 aromatic carbocycles.